The number of aryl methyl sites for hydroxylation is 1. The molecule has 0 saturated carbocycles. The van der Waals surface area contributed by atoms with E-state index in [4.69, 9.17) is 10.2 Å². The Morgan fingerprint density at radius 3 is 2.54 bits per heavy atom. The molecule has 2 fully saturated rings. The van der Waals surface area contributed by atoms with Gasteiger partial charge in [0.15, 0.2) is 0 Å². The van der Waals surface area contributed by atoms with Gasteiger partial charge < -0.3 is 15.1 Å². The second-order valence-corrected chi connectivity index (χ2v) is 7.38. The average molecular weight is 355 g/mol. The van der Waals surface area contributed by atoms with Crippen LogP contribution in [0.2, 0.25) is 0 Å². The third-order valence-electron chi connectivity index (χ3n) is 5.84. The van der Waals surface area contributed by atoms with Crippen LogP contribution in [-0.2, 0) is 0 Å². The largest absolute Gasteiger partial charge is 0.421 e. The predicted molar refractivity (Wildman–Crippen MR) is 98.7 cm³/mol. The van der Waals surface area contributed by atoms with Crippen LogP contribution in [0.25, 0.3) is 11.5 Å². The summed E-state index contributed by atoms with van der Waals surface area (Å²) in [7, 11) is 2.20. The number of nitrogens with zero attached hydrogens (tertiary/aromatic N) is 4. The highest BCUT2D eigenvalue weighted by Gasteiger charge is 2.40. The Labute approximate surface area is 153 Å². The number of hydrogen-bond acceptors (Lipinski definition) is 5. The molecule has 2 bridgehead atoms. The summed E-state index contributed by atoms with van der Waals surface area (Å²) in [6.45, 7) is 1.75. The molecule has 7 heteroatoms. The molecule has 7 nitrogen and oxygen atoms in total. The maximum absolute atomic E-state index is 12.5. The number of primary amides is 1. The summed E-state index contributed by atoms with van der Waals surface area (Å²) in [4.78, 5) is 16.7. The van der Waals surface area contributed by atoms with Crippen molar-refractivity contribution in [3.8, 4) is 11.5 Å². The van der Waals surface area contributed by atoms with Crippen LogP contribution in [-0.4, -0.2) is 46.3 Å². The first-order chi connectivity index (χ1) is 12.5. The number of carbonyl (C=O) groups excluding carboxylic acids is 1. The fourth-order valence-electron chi connectivity index (χ4n) is 4.56. The molecular formula is C19H25N5O2. The van der Waals surface area contributed by atoms with Crippen molar-refractivity contribution in [3.05, 3.63) is 30.2 Å². The molecule has 3 atom stereocenters. The summed E-state index contributed by atoms with van der Waals surface area (Å²) in [6, 6.07) is 8.29. The van der Waals surface area contributed by atoms with Crippen LogP contribution in [0.3, 0.4) is 0 Å². The van der Waals surface area contributed by atoms with Gasteiger partial charge in [0.2, 0.25) is 11.8 Å². The zero-order chi connectivity index (χ0) is 18.3. The van der Waals surface area contributed by atoms with Gasteiger partial charge in [-0.25, -0.2) is 4.79 Å². The molecule has 0 aliphatic carbocycles. The van der Waals surface area contributed by atoms with E-state index in [1.54, 1.807) is 11.8 Å². The number of fused-ring (bicyclic) bond motifs is 2. The van der Waals surface area contributed by atoms with E-state index in [1.165, 1.54) is 19.3 Å². The van der Waals surface area contributed by atoms with Crippen molar-refractivity contribution >= 4 is 11.7 Å². The Hall–Kier alpha value is -2.41. The summed E-state index contributed by atoms with van der Waals surface area (Å²) in [6.07, 6.45) is 5.50. The quantitative estimate of drug-likeness (QED) is 0.914. The predicted octanol–water partition coefficient (Wildman–Crippen LogP) is 2.95. The molecule has 0 spiro atoms. The molecule has 138 valence electrons. The molecular weight excluding hydrogens is 330 g/mol. The molecule has 1 unspecified atom stereocenters. The van der Waals surface area contributed by atoms with Crippen LogP contribution in [0, 0.1) is 6.92 Å². The van der Waals surface area contributed by atoms with E-state index in [0.29, 0.717) is 23.9 Å². The highest BCUT2D eigenvalue weighted by molar-refractivity contribution is 5.95. The van der Waals surface area contributed by atoms with Crippen LogP contribution < -0.4 is 10.6 Å². The van der Waals surface area contributed by atoms with Gasteiger partial charge in [0, 0.05) is 25.0 Å². The molecule has 3 heterocycles. The van der Waals surface area contributed by atoms with Crippen LogP contribution in [0.1, 0.15) is 38.0 Å². The molecule has 2 N–H and O–H groups in total. The number of nitrogens with two attached hydrogens (primary N) is 1. The first kappa shape index (κ1) is 17.0. The minimum atomic E-state index is -0.429. The maximum Gasteiger partial charge on any atom is 0.319 e. The van der Waals surface area contributed by atoms with E-state index < -0.39 is 6.03 Å². The van der Waals surface area contributed by atoms with E-state index in [0.717, 1.165) is 24.1 Å². The highest BCUT2D eigenvalue weighted by atomic mass is 16.4. The zero-order valence-corrected chi connectivity index (χ0v) is 15.3. The van der Waals surface area contributed by atoms with Crippen molar-refractivity contribution in [1.82, 2.24) is 15.1 Å². The van der Waals surface area contributed by atoms with E-state index in [-0.39, 0.29) is 6.04 Å². The van der Waals surface area contributed by atoms with Crippen LogP contribution in [0.5, 0.6) is 0 Å². The van der Waals surface area contributed by atoms with E-state index in [1.807, 2.05) is 24.3 Å². The van der Waals surface area contributed by atoms with Gasteiger partial charge in [-0.3, -0.25) is 4.90 Å². The lowest BCUT2D eigenvalue weighted by Crippen LogP contribution is -2.57. The minimum Gasteiger partial charge on any atom is -0.421 e. The fourth-order valence-corrected chi connectivity index (χ4v) is 4.56. The summed E-state index contributed by atoms with van der Waals surface area (Å²) < 4.78 is 5.61. The second-order valence-electron chi connectivity index (χ2n) is 7.38. The van der Waals surface area contributed by atoms with Gasteiger partial charge in [0.25, 0.3) is 0 Å². The van der Waals surface area contributed by atoms with Gasteiger partial charge in [0.05, 0.1) is 11.3 Å². The number of anilines is 1. The van der Waals surface area contributed by atoms with E-state index in [2.05, 4.69) is 22.1 Å². The number of benzene rings is 1. The number of urea groups is 1. The molecule has 4 rings (SSSR count). The lowest BCUT2D eigenvalue weighted by molar-refractivity contribution is 0.0564. The van der Waals surface area contributed by atoms with E-state index >= 15 is 0 Å². The topological polar surface area (TPSA) is 88.5 Å². The van der Waals surface area contributed by atoms with Crippen LogP contribution in [0.4, 0.5) is 10.5 Å². The summed E-state index contributed by atoms with van der Waals surface area (Å²) in [5.41, 5.74) is 7.34. The molecule has 2 amide bonds. The maximum atomic E-state index is 12.5. The molecule has 2 aliphatic heterocycles. The first-order valence-corrected chi connectivity index (χ1v) is 9.24. The molecule has 2 aliphatic rings. The fraction of sp³-hybridized carbons (Fsp3) is 0.526. The number of amides is 2. The van der Waals surface area contributed by atoms with Crippen molar-refractivity contribution in [2.24, 2.45) is 5.73 Å². The second kappa shape index (κ2) is 6.72. The molecule has 2 aromatic rings. The molecule has 26 heavy (non-hydrogen) atoms. The Morgan fingerprint density at radius 1 is 1.23 bits per heavy atom. The van der Waals surface area contributed by atoms with Crippen molar-refractivity contribution < 1.29 is 9.21 Å². The van der Waals surface area contributed by atoms with E-state index in [9.17, 15) is 4.79 Å². The number of piperidine rings is 2. The van der Waals surface area contributed by atoms with Crippen molar-refractivity contribution in [2.75, 3.05) is 11.9 Å². The number of aromatic nitrogens is 2. The molecule has 0 radical (unpaired) electrons. The minimum absolute atomic E-state index is 0.0872. The normalized spacial score (nSPS) is 25.8. The van der Waals surface area contributed by atoms with Crippen LogP contribution >= 0.6 is 0 Å². The van der Waals surface area contributed by atoms with Gasteiger partial charge >= 0.3 is 6.03 Å². The number of para-hydroxylation sites is 1. The summed E-state index contributed by atoms with van der Waals surface area (Å²) in [5, 5.41) is 8.05. The third kappa shape index (κ3) is 2.96. The number of rotatable bonds is 3. The number of hydrogen-bond donors (Lipinski definition) is 1. The Kier molecular flexibility index (Phi) is 4.40. The Bertz CT molecular complexity index is 791. The van der Waals surface area contributed by atoms with Crippen LogP contribution in [0.15, 0.2) is 28.7 Å². The van der Waals surface area contributed by atoms with Crippen molar-refractivity contribution in [2.45, 2.75) is 57.2 Å². The van der Waals surface area contributed by atoms with Gasteiger partial charge in [-0.2, -0.15) is 0 Å². The van der Waals surface area contributed by atoms with Crippen molar-refractivity contribution in [1.29, 1.82) is 0 Å². The smallest absolute Gasteiger partial charge is 0.319 e. The molecule has 1 aromatic heterocycles. The molecule has 2 saturated heterocycles. The highest BCUT2D eigenvalue weighted by Crippen LogP contribution is 2.38. The van der Waals surface area contributed by atoms with Gasteiger partial charge in [0.1, 0.15) is 0 Å². The standard InChI is InChI=1S/C19H25N5O2/c1-12-21-22-18(26-12)16-8-3-4-9-17(16)24(19(20)25)15-10-13-6-5-7-14(11-15)23(13)2/h3-4,8-9,13-15H,5-7,10-11H2,1-2H3,(H2,20,25)/t13-,14+,15?. The Balaban J connectivity index is 1.71. The SMILES string of the molecule is Cc1nnc(-c2ccccc2N(C(N)=O)C2C[C@H]3CCC[C@@H](C2)N3C)o1. The third-order valence-corrected chi connectivity index (χ3v) is 5.84. The first-order valence-electron chi connectivity index (χ1n) is 9.24. The average Bonchev–Trinajstić information content (AvgIpc) is 3.02. The molecule has 1 aromatic carbocycles. The van der Waals surface area contributed by atoms with Gasteiger partial charge in [-0.05, 0) is 44.9 Å². The Morgan fingerprint density at radius 2 is 1.92 bits per heavy atom. The monoisotopic (exact) mass is 355 g/mol. The zero-order valence-electron chi connectivity index (χ0n) is 15.3. The lowest BCUT2D eigenvalue weighted by atomic mass is 9.81. The van der Waals surface area contributed by atoms with Gasteiger partial charge in [-0.1, -0.05) is 18.6 Å². The number of carbonyl (C=O) groups is 1. The van der Waals surface area contributed by atoms with Crippen molar-refractivity contribution in [3.63, 3.8) is 0 Å². The lowest BCUT2D eigenvalue weighted by Gasteiger charge is -2.49. The summed E-state index contributed by atoms with van der Waals surface area (Å²) in [5.74, 6) is 0.909. The van der Waals surface area contributed by atoms with Gasteiger partial charge in [-0.15, -0.1) is 10.2 Å². The summed E-state index contributed by atoms with van der Waals surface area (Å²) >= 11 is 0.